The SMILES string of the molecule is O=C1N[C@H](c2ccc(-c3ccc(C(F)(F)F)cc3)s2)Nc2ccccc21. The molecule has 0 radical (unpaired) electrons. The van der Waals surface area contributed by atoms with Gasteiger partial charge in [-0.15, -0.1) is 11.3 Å². The van der Waals surface area contributed by atoms with Crippen LogP contribution in [0.1, 0.15) is 27.0 Å². The highest BCUT2D eigenvalue weighted by Gasteiger charge is 2.30. The number of benzene rings is 2. The van der Waals surface area contributed by atoms with Crippen molar-refractivity contribution in [3.8, 4) is 10.4 Å². The van der Waals surface area contributed by atoms with Gasteiger partial charge < -0.3 is 10.6 Å². The van der Waals surface area contributed by atoms with Crippen LogP contribution in [0.3, 0.4) is 0 Å². The minimum atomic E-state index is -4.34. The van der Waals surface area contributed by atoms with Crippen molar-refractivity contribution in [2.24, 2.45) is 0 Å². The van der Waals surface area contributed by atoms with Crippen molar-refractivity contribution in [3.63, 3.8) is 0 Å². The molecule has 132 valence electrons. The molecule has 0 bridgehead atoms. The second-order valence-corrected chi connectivity index (χ2v) is 6.99. The van der Waals surface area contributed by atoms with Crippen LogP contribution in [0.2, 0.25) is 0 Å². The minimum Gasteiger partial charge on any atom is -0.360 e. The Balaban J connectivity index is 1.58. The Kier molecular flexibility index (Phi) is 3.96. The van der Waals surface area contributed by atoms with Crippen LogP contribution in [0.25, 0.3) is 10.4 Å². The zero-order valence-corrected chi connectivity index (χ0v) is 14.1. The maximum atomic E-state index is 12.7. The molecule has 0 fully saturated rings. The molecular formula is C19H13F3N2OS. The second kappa shape index (κ2) is 6.17. The van der Waals surface area contributed by atoms with E-state index >= 15 is 0 Å². The van der Waals surface area contributed by atoms with Crippen LogP contribution in [0, 0.1) is 0 Å². The van der Waals surface area contributed by atoms with Crippen molar-refractivity contribution in [1.29, 1.82) is 0 Å². The largest absolute Gasteiger partial charge is 0.416 e. The lowest BCUT2D eigenvalue weighted by molar-refractivity contribution is -0.137. The third kappa shape index (κ3) is 3.06. The van der Waals surface area contributed by atoms with E-state index in [1.807, 2.05) is 24.3 Å². The Hall–Kier alpha value is -2.80. The minimum absolute atomic E-state index is 0.158. The summed E-state index contributed by atoms with van der Waals surface area (Å²) in [6.45, 7) is 0. The van der Waals surface area contributed by atoms with Gasteiger partial charge in [0.2, 0.25) is 0 Å². The molecule has 1 amide bonds. The highest BCUT2D eigenvalue weighted by atomic mass is 32.1. The topological polar surface area (TPSA) is 41.1 Å². The van der Waals surface area contributed by atoms with E-state index in [1.165, 1.54) is 23.5 Å². The summed E-state index contributed by atoms with van der Waals surface area (Å²) < 4.78 is 38.0. The molecule has 0 spiro atoms. The number of para-hydroxylation sites is 1. The van der Waals surface area contributed by atoms with E-state index in [9.17, 15) is 18.0 Å². The normalized spacial score (nSPS) is 16.6. The van der Waals surface area contributed by atoms with Crippen LogP contribution >= 0.6 is 11.3 Å². The molecule has 1 atom stereocenters. The number of halogens is 3. The number of fused-ring (bicyclic) bond motifs is 1. The molecule has 0 unspecified atom stereocenters. The van der Waals surface area contributed by atoms with Gasteiger partial charge in [-0.05, 0) is 42.0 Å². The fraction of sp³-hybridized carbons (Fsp3) is 0.105. The van der Waals surface area contributed by atoms with E-state index in [1.54, 1.807) is 12.1 Å². The Morgan fingerprint density at radius 2 is 1.62 bits per heavy atom. The number of hydrogen-bond acceptors (Lipinski definition) is 3. The molecule has 0 aliphatic carbocycles. The summed E-state index contributed by atoms with van der Waals surface area (Å²) in [6, 6.07) is 16.0. The molecule has 0 saturated carbocycles. The second-order valence-electron chi connectivity index (χ2n) is 5.87. The Labute approximate surface area is 151 Å². The number of carbonyl (C=O) groups excluding carboxylic acids is 1. The lowest BCUT2D eigenvalue weighted by Gasteiger charge is -2.26. The summed E-state index contributed by atoms with van der Waals surface area (Å²) in [4.78, 5) is 13.9. The van der Waals surface area contributed by atoms with E-state index in [0.717, 1.165) is 27.6 Å². The van der Waals surface area contributed by atoms with Crippen molar-refractivity contribution in [2.45, 2.75) is 12.3 Å². The molecular weight excluding hydrogens is 361 g/mol. The van der Waals surface area contributed by atoms with Crippen molar-refractivity contribution in [1.82, 2.24) is 5.32 Å². The number of amides is 1. The number of anilines is 1. The molecule has 4 rings (SSSR count). The molecule has 3 nitrogen and oxygen atoms in total. The smallest absolute Gasteiger partial charge is 0.360 e. The van der Waals surface area contributed by atoms with Gasteiger partial charge in [-0.2, -0.15) is 13.2 Å². The lowest BCUT2D eigenvalue weighted by atomic mass is 10.1. The molecule has 1 aliphatic rings. The summed E-state index contributed by atoms with van der Waals surface area (Å²) in [6.07, 6.45) is -4.71. The van der Waals surface area contributed by atoms with Gasteiger partial charge in [-0.3, -0.25) is 4.79 Å². The molecule has 2 N–H and O–H groups in total. The van der Waals surface area contributed by atoms with E-state index in [4.69, 9.17) is 0 Å². The van der Waals surface area contributed by atoms with Gasteiger partial charge in [0.25, 0.3) is 5.91 Å². The number of rotatable bonds is 2. The zero-order valence-electron chi connectivity index (χ0n) is 13.3. The summed E-state index contributed by atoms with van der Waals surface area (Å²) in [5, 5.41) is 6.16. The third-order valence-electron chi connectivity index (χ3n) is 4.16. The molecule has 2 heterocycles. The van der Waals surface area contributed by atoms with Gasteiger partial charge in [0.1, 0.15) is 6.17 Å². The van der Waals surface area contributed by atoms with Crippen molar-refractivity contribution in [2.75, 3.05) is 5.32 Å². The summed E-state index contributed by atoms with van der Waals surface area (Å²) in [5.74, 6) is -0.158. The maximum Gasteiger partial charge on any atom is 0.416 e. The lowest BCUT2D eigenvalue weighted by Crippen LogP contribution is -2.37. The highest BCUT2D eigenvalue weighted by molar-refractivity contribution is 7.15. The predicted octanol–water partition coefficient (Wildman–Crippen LogP) is 5.29. The molecule has 26 heavy (non-hydrogen) atoms. The fourth-order valence-electron chi connectivity index (χ4n) is 2.84. The molecule has 1 aliphatic heterocycles. The Morgan fingerprint density at radius 1 is 0.885 bits per heavy atom. The number of alkyl halides is 3. The Bertz CT molecular complexity index is 963. The Morgan fingerprint density at radius 3 is 2.35 bits per heavy atom. The van der Waals surface area contributed by atoms with E-state index in [2.05, 4.69) is 10.6 Å². The average Bonchev–Trinajstić information content (AvgIpc) is 3.11. The number of hydrogen-bond donors (Lipinski definition) is 2. The fourth-order valence-corrected chi connectivity index (χ4v) is 3.85. The summed E-state index contributed by atoms with van der Waals surface area (Å²) in [5.41, 5.74) is 1.38. The summed E-state index contributed by atoms with van der Waals surface area (Å²) in [7, 11) is 0. The van der Waals surface area contributed by atoms with Gasteiger partial charge in [-0.25, -0.2) is 0 Å². The van der Waals surface area contributed by atoms with Crippen LogP contribution in [0.15, 0.2) is 60.7 Å². The number of thiophene rings is 1. The van der Waals surface area contributed by atoms with Crippen LogP contribution in [0.5, 0.6) is 0 Å². The summed E-state index contributed by atoms with van der Waals surface area (Å²) >= 11 is 1.42. The van der Waals surface area contributed by atoms with Gasteiger partial charge in [0.05, 0.1) is 11.1 Å². The molecule has 3 aromatic rings. The van der Waals surface area contributed by atoms with Gasteiger partial charge in [0.15, 0.2) is 0 Å². The number of carbonyl (C=O) groups is 1. The number of nitrogens with one attached hydrogen (secondary N) is 2. The van der Waals surface area contributed by atoms with Gasteiger partial charge in [0, 0.05) is 15.4 Å². The monoisotopic (exact) mass is 374 g/mol. The predicted molar refractivity (Wildman–Crippen MR) is 95.0 cm³/mol. The van der Waals surface area contributed by atoms with E-state index < -0.39 is 11.7 Å². The van der Waals surface area contributed by atoms with Crippen molar-refractivity contribution < 1.29 is 18.0 Å². The van der Waals surface area contributed by atoms with E-state index in [-0.39, 0.29) is 12.1 Å². The molecule has 7 heteroatoms. The third-order valence-corrected chi connectivity index (χ3v) is 5.35. The zero-order chi connectivity index (χ0) is 18.3. The highest BCUT2D eigenvalue weighted by Crippen LogP contribution is 2.36. The standard InChI is InChI=1S/C19H13F3N2OS/c20-19(21,22)12-7-5-11(6-8-12)15-9-10-16(26-15)17-23-14-4-2-1-3-13(14)18(25)24-17/h1-10,17,23H,(H,24,25)/t17-/m1/s1. The first kappa shape index (κ1) is 16.7. The average molecular weight is 374 g/mol. The van der Waals surface area contributed by atoms with Crippen molar-refractivity contribution in [3.05, 3.63) is 76.7 Å². The first-order valence-corrected chi connectivity index (χ1v) is 8.67. The molecule has 2 aromatic carbocycles. The van der Waals surface area contributed by atoms with Crippen LogP contribution in [0.4, 0.5) is 18.9 Å². The quantitative estimate of drug-likeness (QED) is 0.640. The molecule has 1 aromatic heterocycles. The van der Waals surface area contributed by atoms with E-state index in [0.29, 0.717) is 11.1 Å². The molecule has 0 saturated heterocycles. The first-order valence-electron chi connectivity index (χ1n) is 7.85. The first-order chi connectivity index (χ1) is 12.4. The maximum absolute atomic E-state index is 12.7. The van der Waals surface area contributed by atoms with Gasteiger partial charge >= 0.3 is 6.18 Å². The van der Waals surface area contributed by atoms with Crippen LogP contribution in [-0.4, -0.2) is 5.91 Å². The van der Waals surface area contributed by atoms with Crippen LogP contribution in [-0.2, 0) is 6.18 Å². The van der Waals surface area contributed by atoms with Crippen LogP contribution < -0.4 is 10.6 Å². The van der Waals surface area contributed by atoms with Gasteiger partial charge in [-0.1, -0.05) is 24.3 Å². The van der Waals surface area contributed by atoms with Crippen molar-refractivity contribution >= 4 is 22.9 Å².